The predicted octanol–water partition coefficient (Wildman–Crippen LogP) is 3.04. The van der Waals surface area contributed by atoms with Gasteiger partial charge in [-0.1, -0.05) is 6.42 Å². The molecule has 0 amide bonds. The number of hydrogen-bond donors (Lipinski definition) is 2. The predicted molar refractivity (Wildman–Crippen MR) is 108 cm³/mol. The molecular formula is C20H22F3N7O2. The van der Waals surface area contributed by atoms with Gasteiger partial charge in [-0.2, -0.15) is 18.2 Å². The molecule has 2 fully saturated rings. The van der Waals surface area contributed by atoms with E-state index in [1.165, 1.54) is 0 Å². The third kappa shape index (κ3) is 4.14. The van der Waals surface area contributed by atoms with Gasteiger partial charge in [0.15, 0.2) is 5.65 Å². The van der Waals surface area contributed by atoms with E-state index in [-0.39, 0.29) is 31.1 Å². The lowest BCUT2D eigenvalue weighted by molar-refractivity contribution is -0.142. The summed E-state index contributed by atoms with van der Waals surface area (Å²) >= 11 is 0. The first-order valence-electron chi connectivity index (χ1n) is 10.4. The molecular weight excluding hydrogens is 427 g/mol. The van der Waals surface area contributed by atoms with Crippen LogP contribution in [-0.4, -0.2) is 49.9 Å². The van der Waals surface area contributed by atoms with Crippen molar-refractivity contribution >= 4 is 17.3 Å². The number of anilines is 2. The highest BCUT2D eigenvalue weighted by Gasteiger charge is 2.38. The highest BCUT2D eigenvalue weighted by atomic mass is 19.4. The summed E-state index contributed by atoms with van der Waals surface area (Å²) in [5.74, 6) is 0.570. The number of nitrogens with zero attached hydrogens (tertiary/aromatic N) is 5. The van der Waals surface area contributed by atoms with Crippen molar-refractivity contribution in [2.24, 2.45) is 0 Å². The zero-order chi connectivity index (χ0) is 22.3. The number of pyridine rings is 1. The summed E-state index contributed by atoms with van der Waals surface area (Å²) in [4.78, 5) is 7.93. The van der Waals surface area contributed by atoms with Crippen molar-refractivity contribution in [2.45, 2.75) is 49.9 Å². The van der Waals surface area contributed by atoms with Gasteiger partial charge in [-0.05, 0) is 31.4 Å². The Hall–Kier alpha value is -3.15. The Morgan fingerprint density at radius 3 is 2.78 bits per heavy atom. The molecule has 4 heterocycles. The van der Waals surface area contributed by atoms with Crippen molar-refractivity contribution in [3.63, 3.8) is 0 Å². The number of fused-ring (bicyclic) bond motifs is 1. The molecule has 0 bridgehead atoms. The number of nitrogen functional groups attached to an aromatic ring is 1. The summed E-state index contributed by atoms with van der Waals surface area (Å²) in [5, 5.41) is 11.7. The molecule has 2 atom stereocenters. The molecule has 9 nitrogen and oxygen atoms in total. The van der Waals surface area contributed by atoms with Gasteiger partial charge in [-0.15, -0.1) is 10.2 Å². The molecule has 1 aliphatic heterocycles. The van der Waals surface area contributed by atoms with E-state index < -0.39 is 23.7 Å². The zero-order valence-electron chi connectivity index (χ0n) is 17.0. The van der Waals surface area contributed by atoms with Crippen molar-refractivity contribution < 1.29 is 22.6 Å². The fourth-order valence-corrected chi connectivity index (χ4v) is 4.10. The van der Waals surface area contributed by atoms with Gasteiger partial charge < -0.3 is 20.5 Å². The van der Waals surface area contributed by atoms with Crippen LogP contribution in [0.2, 0.25) is 0 Å². The van der Waals surface area contributed by atoms with Crippen molar-refractivity contribution in [1.82, 2.24) is 24.6 Å². The number of hydrogen-bond acceptors (Lipinski definition) is 8. The molecule has 2 aliphatic rings. The van der Waals surface area contributed by atoms with Gasteiger partial charge in [-0.3, -0.25) is 4.40 Å². The first kappa shape index (κ1) is 20.7. The van der Waals surface area contributed by atoms with Crippen LogP contribution in [0.4, 0.5) is 24.8 Å². The molecule has 3 aromatic heterocycles. The van der Waals surface area contributed by atoms with Gasteiger partial charge in [0, 0.05) is 30.0 Å². The molecule has 170 valence electrons. The van der Waals surface area contributed by atoms with Crippen LogP contribution < -0.4 is 15.8 Å². The van der Waals surface area contributed by atoms with Crippen LogP contribution in [0, 0.1) is 0 Å². The molecule has 3 N–H and O–H groups in total. The number of alkyl halides is 3. The minimum atomic E-state index is -4.61. The van der Waals surface area contributed by atoms with Crippen molar-refractivity contribution in [1.29, 1.82) is 0 Å². The molecule has 1 aliphatic carbocycles. The first-order chi connectivity index (χ1) is 15.4. The van der Waals surface area contributed by atoms with Gasteiger partial charge in [-0.25, -0.2) is 4.98 Å². The summed E-state index contributed by atoms with van der Waals surface area (Å²) in [6.45, 7) is 0.483. The Bertz CT molecular complexity index is 1120. The number of halogens is 3. The number of nitrogens with one attached hydrogen (secondary N) is 1. The molecule has 1 saturated carbocycles. The minimum absolute atomic E-state index is 0.0289. The maximum absolute atomic E-state index is 13.3. The summed E-state index contributed by atoms with van der Waals surface area (Å²) in [6, 6.07) is 3.56. The Labute approximate surface area is 181 Å². The lowest BCUT2D eigenvalue weighted by Gasteiger charge is -2.29. The molecule has 0 aromatic carbocycles. The van der Waals surface area contributed by atoms with Crippen LogP contribution in [0.3, 0.4) is 0 Å². The molecule has 3 aromatic rings. The standard InChI is InChI=1S/C20H22F3N7O2/c21-20(22,23)15-7-25-19(27-18(15)32-14-9-31-10-14)26-13-3-1-2-11(6-13)17-29-28-16-5-4-12(24)8-30(16)17/h4-5,7-8,11,13-14H,1-3,6,9-10,24H2,(H,25,26,27)/t11-,13+/m0/s1. The fourth-order valence-electron chi connectivity index (χ4n) is 4.10. The van der Waals surface area contributed by atoms with Gasteiger partial charge in [0.1, 0.15) is 17.5 Å². The third-order valence-electron chi connectivity index (χ3n) is 5.77. The molecule has 0 unspecified atom stereocenters. The second kappa shape index (κ2) is 8.08. The number of ether oxygens (including phenoxy) is 2. The Balaban J connectivity index is 1.34. The summed E-state index contributed by atoms with van der Waals surface area (Å²) in [6.07, 6.45) is 0.921. The van der Waals surface area contributed by atoms with Crippen LogP contribution in [0.1, 0.15) is 43.0 Å². The SMILES string of the molecule is Nc1ccc2nnc([C@H]3CCC[C@@H](Nc4ncc(C(F)(F)F)c(OC5COC5)n4)C3)n2c1. The molecule has 0 radical (unpaired) electrons. The Morgan fingerprint density at radius 1 is 1.19 bits per heavy atom. The lowest BCUT2D eigenvalue weighted by atomic mass is 9.85. The van der Waals surface area contributed by atoms with Crippen LogP contribution in [0.5, 0.6) is 5.88 Å². The molecule has 12 heteroatoms. The highest BCUT2D eigenvalue weighted by Crippen LogP contribution is 2.37. The van der Waals surface area contributed by atoms with Gasteiger partial charge in [0.2, 0.25) is 11.8 Å². The lowest BCUT2D eigenvalue weighted by Crippen LogP contribution is -2.39. The topological polar surface area (TPSA) is 112 Å². The summed E-state index contributed by atoms with van der Waals surface area (Å²) < 4.78 is 52.3. The smallest absolute Gasteiger partial charge is 0.423 e. The van der Waals surface area contributed by atoms with Gasteiger partial charge in [0.25, 0.3) is 0 Å². The zero-order valence-corrected chi connectivity index (χ0v) is 17.0. The average Bonchev–Trinajstić information content (AvgIpc) is 3.13. The average molecular weight is 449 g/mol. The van der Waals surface area contributed by atoms with Crippen molar-refractivity contribution in [2.75, 3.05) is 24.3 Å². The van der Waals surface area contributed by atoms with E-state index in [0.29, 0.717) is 12.1 Å². The minimum Gasteiger partial charge on any atom is -0.469 e. The van der Waals surface area contributed by atoms with Crippen LogP contribution in [0.25, 0.3) is 5.65 Å². The number of rotatable bonds is 5. The first-order valence-corrected chi connectivity index (χ1v) is 10.4. The molecule has 32 heavy (non-hydrogen) atoms. The number of aromatic nitrogens is 5. The van der Waals surface area contributed by atoms with Crippen molar-refractivity contribution in [3.05, 3.63) is 35.9 Å². The van der Waals surface area contributed by atoms with Crippen LogP contribution in [-0.2, 0) is 10.9 Å². The van der Waals surface area contributed by atoms with Crippen LogP contribution >= 0.6 is 0 Å². The second-order valence-electron chi connectivity index (χ2n) is 8.14. The van der Waals surface area contributed by atoms with E-state index in [1.54, 1.807) is 12.3 Å². The quantitative estimate of drug-likeness (QED) is 0.611. The van der Waals surface area contributed by atoms with E-state index in [4.69, 9.17) is 15.2 Å². The Kier molecular flexibility index (Phi) is 5.24. The van der Waals surface area contributed by atoms with E-state index in [9.17, 15) is 13.2 Å². The fraction of sp³-hybridized carbons (Fsp3) is 0.500. The van der Waals surface area contributed by atoms with E-state index in [2.05, 4.69) is 25.5 Å². The van der Waals surface area contributed by atoms with E-state index in [1.807, 2.05) is 10.5 Å². The molecule has 1 saturated heterocycles. The normalized spacial score (nSPS) is 22.0. The van der Waals surface area contributed by atoms with Gasteiger partial charge in [0.05, 0.1) is 13.2 Å². The summed E-state index contributed by atoms with van der Waals surface area (Å²) in [5.41, 5.74) is 6.25. The monoisotopic (exact) mass is 449 g/mol. The largest absolute Gasteiger partial charge is 0.469 e. The van der Waals surface area contributed by atoms with Crippen LogP contribution in [0.15, 0.2) is 24.5 Å². The highest BCUT2D eigenvalue weighted by molar-refractivity contribution is 5.47. The molecule has 0 spiro atoms. The van der Waals surface area contributed by atoms with E-state index in [0.717, 1.165) is 36.9 Å². The Morgan fingerprint density at radius 2 is 2.03 bits per heavy atom. The van der Waals surface area contributed by atoms with E-state index >= 15 is 0 Å². The summed E-state index contributed by atoms with van der Waals surface area (Å²) in [7, 11) is 0. The third-order valence-corrected chi connectivity index (χ3v) is 5.77. The van der Waals surface area contributed by atoms with Gasteiger partial charge >= 0.3 is 6.18 Å². The number of nitrogens with two attached hydrogens (primary N) is 1. The molecule has 5 rings (SSSR count). The second-order valence-corrected chi connectivity index (χ2v) is 8.14. The van der Waals surface area contributed by atoms with Crippen molar-refractivity contribution in [3.8, 4) is 5.88 Å². The maximum Gasteiger partial charge on any atom is 0.423 e. The maximum atomic E-state index is 13.3.